The van der Waals surface area contributed by atoms with Crippen LogP contribution in [0, 0.1) is 6.92 Å². The number of nitrogens with one attached hydrogen (secondary N) is 1. The number of hydrogen-bond acceptors (Lipinski definition) is 2. The van der Waals surface area contributed by atoms with E-state index in [1.807, 2.05) is 6.07 Å². The molecule has 2 nitrogen and oxygen atoms in total. The summed E-state index contributed by atoms with van der Waals surface area (Å²) < 4.78 is 0. The van der Waals surface area contributed by atoms with Crippen LogP contribution in [0.25, 0.3) is 0 Å². The predicted molar refractivity (Wildman–Crippen MR) is 67.8 cm³/mol. The first-order valence-corrected chi connectivity index (χ1v) is 5.52. The van der Waals surface area contributed by atoms with Crippen molar-refractivity contribution in [2.75, 3.05) is 5.32 Å². The van der Waals surface area contributed by atoms with Gasteiger partial charge in [-0.15, -0.1) is 0 Å². The number of benzene rings is 1. The van der Waals surface area contributed by atoms with Crippen LogP contribution < -0.4 is 5.32 Å². The van der Waals surface area contributed by atoms with E-state index in [9.17, 15) is 0 Å². The van der Waals surface area contributed by atoms with Gasteiger partial charge in [0, 0.05) is 18.9 Å². The van der Waals surface area contributed by atoms with Gasteiger partial charge in [0.25, 0.3) is 0 Å². The van der Waals surface area contributed by atoms with Gasteiger partial charge in [-0.3, -0.25) is 4.98 Å². The molecule has 0 amide bonds. The maximum absolute atomic E-state index is 6.00. The third-order valence-corrected chi connectivity index (χ3v) is 2.64. The molecule has 1 N–H and O–H groups in total. The lowest BCUT2D eigenvalue weighted by Crippen LogP contribution is -2.00. The van der Waals surface area contributed by atoms with Crippen LogP contribution in [-0.2, 0) is 6.54 Å². The van der Waals surface area contributed by atoms with Gasteiger partial charge in [-0.25, -0.2) is 0 Å². The van der Waals surface area contributed by atoms with Crippen molar-refractivity contribution >= 4 is 17.3 Å². The molecule has 0 bridgehead atoms. The Hall–Kier alpha value is -1.54. The summed E-state index contributed by atoms with van der Waals surface area (Å²) in [7, 11) is 0. The summed E-state index contributed by atoms with van der Waals surface area (Å²) in [6.07, 6.45) is 3.37. The summed E-state index contributed by atoms with van der Waals surface area (Å²) in [6.45, 7) is 2.86. The largest absolute Gasteiger partial charge is 0.380 e. The molecule has 1 heterocycles. The maximum atomic E-state index is 6.00. The highest BCUT2D eigenvalue weighted by Crippen LogP contribution is 2.19. The third kappa shape index (κ3) is 2.74. The minimum Gasteiger partial charge on any atom is -0.380 e. The fourth-order valence-corrected chi connectivity index (χ4v) is 1.72. The minimum atomic E-state index is 0.648. The average molecular weight is 233 g/mol. The lowest BCUT2D eigenvalue weighted by molar-refractivity contribution is 1.13. The Morgan fingerprint density at radius 1 is 1.31 bits per heavy atom. The second-order valence-electron chi connectivity index (χ2n) is 3.70. The van der Waals surface area contributed by atoms with Gasteiger partial charge in [0.15, 0.2) is 0 Å². The Kier molecular flexibility index (Phi) is 3.42. The summed E-state index contributed by atoms with van der Waals surface area (Å²) in [5.74, 6) is 0. The Bertz CT molecular complexity index is 483. The normalized spacial score (nSPS) is 10.1. The molecule has 0 aliphatic heterocycles. The molecule has 2 aromatic rings. The molecule has 16 heavy (non-hydrogen) atoms. The van der Waals surface area contributed by atoms with E-state index in [-0.39, 0.29) is 0 Å². The zero-order chi connectivity index (χ0) is 11.4. The number of hydrogen-bond donors (Lipinski definition) is 1. The van der Waals surface area contributed by atoms with E-state index in [2.05, 4.69) is 41.5 Å². The first kappa shape index (κ1) is 11.0. The molecular formula is C13H13ClN2. The molecule has 82 valence electrons. The van der Waals surface area contributed by atoms with Crippen LogP contribution in [-0.4, -0.2) is 4.98 Å². The highest BCUT2D eigenvalue weighted by atomic mass is 35.5. The molecule has 0 aliphatic carbocycles. The van der Waals surface area contributed by atoms with Crippen molar-refractivity contribution in [1.29, 1.82) is 0 Å². The van der Waals surface area contributed by atoms with Gasteiger partial charge in [-0.2, -0.15) is 0 Å². The maximum Gasteiger partial charge on any atom is 0.0820 e. The van der Waals surface area contributed by atoms with Crippen molar-refractivity contribution in [3.8, 4) is 0 Å². The van der Waals surface area contributed by atoms with Crippen molar-refractivity contribution < 1.29 is 0 Å². The summed E-state index contributed by atoms with van der Waals surface area (Å²) >= 11 is 6.00. The van der Waals surface area contributed by atoms with Crippen LogP contribution in [0.1, 0.15) is 11.1 Å². The van der Waals surface area contributed by atoms with Gasteiger partial charge in [0.05, 0.1) is 10.7 Å². The summed E-state index contributed by atoms with van der Waals surface area (Å²) in [6, 6.07) is 10.3. The molecule has 0 atom stereocenters. The van der Waals surface area contributed by atoms with Gasteiger partial charge in [-0.05, 0) is 18.6 Å². The highest BCUT2D eigenvalue weighted by molar-refractivity contribution is 6.33. The topological polar surface area (TPSA) is 24.9 Å². The predicted octanol–water partition coefficient (Wildman–Crippen LogP) is 3.66. The van der Waals surface area contributed by atoms with Crippen LogP contribution in [0.15, 0.2) is 42.7 Å². The number of pyridine rings is 1. The van der Waals surface area contributed by atoms with E-state index in [4.69, 9.17) is 11.6 Å². The fraction of sp³-hybridized carbons (Fsp3) is 0.154. The molecule has 1 aromatic carbocycles. The van der Waals surface area contributed by atoms with Crippen molar-refractivity contribution in [2.45, 2.75) is 13.5 Å². The zero-order valence-corrected chi connectivity index (χ0v) is 9.83. The van der Waals surface area contributed by atoms with E-state index in [0.29, 0.717) is 5.02 Å². The summed E-state index contributed by atoms with van der Waals surface area (Å²) in [5, 5.41) is 3.93. The highest BCUT2D eigenvalue weighted by Gasteiger charge is 1.98. The Morgan fingerprint density at radius 2 is 2.19 bits per heavy atom. The molecule has 1 aromatic heterocycles. The molecular weight excluding hydrogens is 220 g/mol. The summed E-state index contributed by atoms with van der Waals surface area (Å²) in [5.41, 5.74) is 3.42. The van der Waals surface area contributed by atoms with Crippen molar-refractivity contribution in [3.05, 3.63) is 58.9 Å². The number of aromatic nitrogens is 1. The second-order valence-corrected chi connectivity index (χ2v) is 4.11. The number of anilines is 1. The first-order chi connectivity index (χ1) is 7.75. The molecule has 0 unspecified atom stereocenters. The molecule has 0 spiro atoms. The molecule has 0 fully saturated rings. The van der Waals surface area contributed by atoms with Gasteiger partial charge in [-0.1, -0.05) is 41.4 Å². The van der Waals surface area contributed by atoms with E-state index < -0.39 is 0 Å². The van der Waals surface area contributed by atoms with Crippen molar-refractivity contribution in [1.82, 2.24) is 4.98 Å². The quantitative estimate of drug-likeness (QED) is 0.874. The van der Waals surface area contributed by atoms with Crippen molar-refractivity contribution in [2.24, 2.45) is 0 Å². The SMILES string of the molecule is Cc1cccc(CNc2ccncc2Cl)c1. The number of nitrogens with zero attached hydrogens (tertiary/aromatic N) is 1. The Labute approximate surface area is 100 Å². The van der Waals surface area contributed by atoms with Gasteiger partial charge >= 0.3 is 0 Å². The van der Waals surface area contributed by atoms with Crippen molar-refractivity contribution in [3.63, 3.8) is 0 Å². The minimum absolute atomic E-state index is 0.648. The van der Waals surface area contributed by atoms with E-state index in [1.165, 1.54) is 11.1 Å². The molecule has 0 saturated carbocycles. The number of aryl methyl sites for hydroxylation is 1. The standard InChI is InChI=1S/C13H13ClN2/c1-10-3-2-4-11(7-10)8-16-13-5-6-15-9-12(13)14/h2-7,9H,8H2,1H3,(H,15,16). The average Bonchev–Trinajstić information content (AvgIpc) is 2.28. The third-order valence-electron chi connectivity index (χ3n) is 2.34. The van der Waals surface area contributed by atoms with Crippen LogP contribution in [0.4, 0.5) is 5.69 Å². The number of rotatable bonds is 3. The molecule has 2 rings (SSSR count). The van der Waals surface area contributed by atoms with E-state index in [0.717, 1.165) is 12.2 Å². The zero-order valence-electron chi connectivity index (χ0n) is 9.07. The monoisotopic (exact) mass is 232 g/mol. The van der Waals surface area contributed by atoms with Gasteiger partial charge < -0.3 is 5.32 Å². The van der Waals surface area contributed by atoms with E-state index >= 15 is 0 Å². The molecule has 0 aliphatic rings. The molecule has 3 heteroatoms. The second kappa shape index (κ2) is 4.99. The lowest BCUT2D eigenvalue weighted by atomic mass is 10.1. The summed E-state index contributed by atoms with van der Waals surface area (Å²) in [4.78, 5) is 3.94. The lowest BCUT2D eigenvalue weighted by Gasteiger charge is -2.08. The van der Waals surface area contributed by atoms with Gasteiger partial charge in [0.2, 0.25) is 0 Å². The number of halogens is 1. The Morgan fingerprint density at radius 3 is 2.94 bits per heavy atom. The Balaban J connectivity index is 2.05. The van der Waals surface area contributed by atoms with Gasteiger partial charge in [0.1, 0.15) is 0 Å². The molecule has 0 radical (unpaired) electrons. The van der Waals surface area contributed by atoms with Crippen LogP contribution in [0.5, 0.6) is 0 Å². The fourth-order valence-electron chi connectivity index (χ4n) is 1.54. The van der Waals surface area contributed by atoms with Crippen LogP contribution in [0.3, 0.4) is 0 Å². The van der Waals surface area contributed by atoms with Crippen LogP contribution >= 0.6 is 11.6 Å². The van der Waals surface area contributed by atoms with E-state index in [1.54, 1.807) is 12.4 Å². The first-order valence-electron chi connectivity index (χ1n) is 5.14. The molecule has 0 saturated heterocycles. The van der Waals surface area contributed by atoms with Crippen LogP contribution in [0.2, 0.25) is 5.02 Å². The smallest absolute Gasteiger partial charge is 0.0820 e.